The second kappa shape index (κ2) is 5.64. The first kappa shape index (κ1) is 13.9. The minimum Gasteiger partial charge on any atom is -0.508 e. The Kier molecular flexibility index (Phi) is 3.93. The van der Waals surface area contributed by atoms with Crippen LogP contribution in [0, 0.1) is 0 Å². The van der Waals surface area contributed by atoms with Crippen molar-refractivity contribution in [3.05, 3.63) is 41.6 Å². The quantitative estimate of drug-likeness (QED) is 0.793. The number of nitrogens with zero attached hydrogens (tertiary/aromatic N) is 2. The number of rotatable bonds is 4. The van der Waals surface area contributed by atoms with Crippen LogP contribution in [0.1, 0.15) is 35.9 Å². The summed E-state index contributed by atoms with van der Waals surface area (Å²) in [7, 11) is 0. The van der Waals surface area contributed by atoms with Crippen LogP contribution in [0.5, 0.6) is 5.75 Å². The summed E-state index contributed by atoms with van der Waals surface area (Å²) in [6.45, 7) is 4.35. The molecule has 0 saturated heterocycles. The Hall–Kier alpha value is -2.50. The van der Waals surface area contributed by atoms with Crippen LogP contribution in [0.15, 0.2) is 30.3 Å². The number of phenolic OH excluding ortho intramolecular Hbond substituents is 1. The summed E-state index contributed by atoms with van der Waals surface area (Å²) in [6, 6.07) is 8.24. The van der Waals surface area contributed by atoms with Gasteiger partial charge in [0, 0.05) is 12.6 Å². The molecule has 6 heteroatoms. The molecule has 2 rings (SSSR count). The van der Waals surface area contributed by atoms with E-state index in [4.69, 9.17) is 5.73 Å². The van der Waals surface area contributed by atoms with Gasteiger partial charge in [-0.2, -0.15) is 5.10 Å². The molecule has 1 aromatic carbocycles. The molecule has 0 bridgehead atoms. The van der Waals surface area contributed by atoms with Gasteiger partial charge in [0.15, 0.2) is 0 Å². The normalized spacial score (nSPS) is 12.1. The van der Waals surface area contributed by atoms with Gasteiger partial charge in [-0.05, 0) is 31.5 Å². The number of carbonyl (C=O) groups excluding carboxylic acids is 1. The molecular formula is C14H18N4O2. The molecule has 0 spiro atoms. The van der Waals surface area contributed by atoms with E-state index in [1.165, 1.54) is 6.07 Å². The summed E-state index contributed by atoms with van der Waals surface area (Å²) in [5.74, 6) is 0.297. The highest BCUT2D eigenvalue weighted by Gasteiger charge is 2.22. The van der Waals surface area contributed by atoms with Gasteiger partial charge in [0.05, 0.1) is 6.04 Å². The lowest BCUT2D eigenvalue weighted by Gasteiger charge is -2.28. The number of aromatic nitrogens is 2. The van der Waals surface area contributed by atoms with Crippen LogP contribution in [0.3, 0.4) is 0 Å². The van der Waals surface area contributed by atoms with E-state index in [0.717, 1.165) is 5.56 Å². The summed E-state index contributed by atoms with van der Waals surface area (Å²) >= 11 is 0. The molecule has 1 amide bonds. The van der Waals surface area contributed by atoms with Gasteiger partial charge >= 0.3 is 0 Å². The van der Waals surface area contributed by atoms with Crippen molar-refractivity contribution in [1.29, 1.82) is 0 Å². The maximum absolute atomic E-state index is 12.4. The Morgan fingerprint density at radius 3 is 2.80 bits per heavy atom. The van der Waals surface area contributed by atoms with E-state index in [0.29, 0.717) is 12.2 Å². The number of amides is 1. The van der Waals surface area contributed by atoms with Crippen molar-refractivity contribution in [2.75, 3.05) is 12.3 Å². The van der Waals surface area contributed by atoms with E-state index < -0.39 is 0 Å². The van der Waals surface area contributed by atoms with Crippen molar-refractivity contribution >= 4 is 11.7 Å². The molecule has 0 saturated carbocycles. The summed E-state index contributed by atoms with van der Waals surface area (Å²) in [5.41, 5.74) is 6.74. The molecule has 106 valence electrons. The number of aromatic hydroxyl groups is 1. The van der Waals surface area contributed by atoms with E-state index in [2.05, 4.69) is 10.2 Å². The zero-order valence-electron chi connectivity index (χ0n) is 11.5. The highest BCUT2D eigenvalue weighted by atomic mass is 16.3. The first-order chi connectivity index (χ1) is 9.52. The molecule has 2 aromatic rings. The van der Waals surface area contributed by atoms with E-state index in [-0.39, 0.29) is 23.5 Å². The molecule has 0 radical (unpaired) electrons. The predicted octanol–water partition coefficient (Wildman–Crippen LogP) is 1.92. The Morgan fingerprint density at radius 1 is 1.50 bits per heavy atom. The number of nitrogen functional groups attached to an aromatic ring is 1. The first-order valence-electron chi connectivity index (χ1n) is 6.43. The van der Waals surface area contributed by atoms with Crippen molar-refractivity contribution in [2.45, 2.75) is 19.9 Å². The molecule has 0 aliphatic heterocycles. The van der Waals surface area contributed by atoms with Crippen LogP contribution >= 0.6 is 0 Å². The van der Waals surface area contributed by atoms with Crippen LogP contribution in [0.2, 0.25) is 0 Å². The van der Waals surface area contributed by atoms with Gasteiger partial charge in [0.2, 0.25) is 0 Å². The van der Waals surface area contributed by atoms with Gasteiger partial charge in [-0.25, -0.2) is 0 Å². The lowest BCUT2D eigenvalue weighted by atomic mass is 10.1. The summed E-state index contributed by atoms with van der Waals surface area (Å²) in [4.78, 5) is 14.1. The van der Waals surface area contributed by atoms with Crippen LogP contribution < -0.4 is 5.73 Å². The molecule has 1 heterocycles. The highest BCUT2D eigenvalue weighted by Crippen LogP contribution is 2.24. The lowest BCUT2D eigenvalue weighted by Crippen LogP contribution is -2.33. The monoisotopic (exact) mass is 274 g/mol. The fourth-order valence-corrected chi connectivity index (χ4v) is 2.16. The fourth-order valence-electron chi connectivity index (χ4n) is 2.16. The van der Waals surface area contributed by atoms with E-state index in [9.17, 15) is 9.90 Å². The number of H-pyrrole nitrogens is 1. The van der Waals surface area contributed by atoms with Gasteiger partial charge in [-0.15, -0.1) is 0 Å². The second-order valence-electron chi connectivity index (χ2n) is 4.57. The Bertz CT molecular complexity index is 609. The van der Waals surface area contributed by atoms with E-state index >= 15 is 0 Å². The minimum absolute atomic E-state index is 0.163. The Morgan fingerprint density at radius 2 is 2.25 bits per heavy atom. The molecule has 4 N–H and O–H groups in total. The molecule has 1 unspecified atom stereocenters. The average molecular weight is 274 g/mol. The average Bonchev–Trinajstić information content (AvgIpc) is 2.86. The zero-order chi connectivity index (χ0) is 14.7. The number of nitrogens with one attached hydrogen (secondary N) is 1. The van der Waals surface area contributed by atoms with E-state index in [1.807, 2.05) is 19.9 Å². The number of anilines is 1. The first-order valence-corrected chi connectivity index (χ1v) is 6.43. The molecule has 1 aromatic heterocycles. The molecule has 1 atom stereocenters. The maximum atomic E-state index is 12.4. The van der Waals surface area contributed by atoms with Crippen LogP contribution in [-0.4, -0.2) is 32.7 Å². The van der Waals surface area contributed by atoms with E-state index in [1.54, 1.807) is 23.1 Å². The lowest BCUT2D eigenvalue weighted by molar-refractivity contribution is 0.0696. The van der Waals surface area contributed by atoms with Crippen LogP contribution in [0.4, 0.5) is 5.82 Å². The number of aromatic amines is 1. The van der Waals surface area contributed by atoms with Gasteiger partial charge in [0.1, 0.15) is 17.3 Å². The van der Waals surface area contributed by atoms with Crippen molar-refractivity contribution in [1.82, 2.24) is 15.1 Å². The van der Waals surface area contributed by atoms with Gasteiger partial charge in [-0.1, -0.05) is 12.1 Å². The molecule has 20 heavy (non-hydrogen) atoms. The maximum Gasteiger partial charge on any atom is 0.272 e. The fraction of sp³-hybridized carbons (Fsp3) is 0.286. The van der Waals surface area contributed by atoms with Gasteiger partial charge < -0.3 is 15.7 Å². The number of phenols is 1. The van der Waals surface area contributed by atoms with Crippen molar-refractivity contribution < 1.29 is 9.90 Å². The largest absolute Gasteiger partial charge is 0.508 e. The molecule has 0 fully saturated rings. The Labute approximate surface area is 117 Å². The summed E-state index contributed by atoms with van der Waals surface area (Å²) in [6.07, 6.45) is 0. The standard InChI is InChI=1S/C14H18N4O2/c1-3-18(14(20)12-8-13(15)17-16-12)9(2)10-5-4-6-11(19)7-10/h4-9,19H,3H2,1-2H3,(H3,15,16,17). The molecule has 0 aliphatic carbocycles. The van der Waals surface area contributed by atoms with Crippen LogP contribution in [0.25, 0.3) is 0 Å². The number of carbonyl (C=O) groups is 1. The van der Waals surface area contributed by atoms with Crippen LogP contribution in [-0.2, 0) is 0 Å². The number of hydrogen-bond acceptors (Lipinski definition) is 4. The number of benzene rings is 1. The SMILES string of the molecule is CCN(C(=O)c1cc(N)n[nH]1)C(C)c1cccc(O)c1. The predicted molar refractivity (Wildman–Crippen MR) is 76.2 cm³/mol. The summed E-state index contributed by atoms with van der Waals surface area (Å²) in [5, 5.41) is 15.9. The smallest absolute Gasteiger partial charge is 0.272 e. The Balaban J connectivity index is 2.25. The zero-order valence-corrected chi connectivity index (χ0v) is 11.5. The van der Waals surface area contributed by atoms with Gasteiger partial charge in [0.25, 0.3) is 5.91 Å². The molecular weight excluding hydrogens is 256 g/mol. The third-order valence-corrected chi connectivity index (χ3v) is 3.25. The molecule has 6 nitrogen and oxygen atoms in total. The second-order valence-corrected chi connectivity index (χ2v) is 4.57. The van der Waals surface area contributed by atoms with Gasteiger partial charge in [-0.3, -0.25) is 9.89 Å². The van der Waals surface area contributed by atoms with Crippen molar-refractivity contribution in [2.24, 2.45) is 0 Å². The third kappa shape index (κ3) is 2.74. The highest BCUT2D eigenvalue weighted by molar-refractivity contribution is 5.93. The molecule has 0 aliphatic rings. The minimum atomic E-state index is -0.174. The van der Waals surface area contributed by atoms with Crippen molar-refractivity contribution in [3.8, 4) is 5.75 Å². The van der Waals surface area contributed by atoms with Crippen molar-refractivity contribution in [3.63, 3.8) is 0 Å². The summed E-state index contributed by atoms with van der Waals surface area (Å²) < 4.78 is 0. The topological polar surface area (TPSA) is 95.2 Å². The number of nitrogens with two attached hydrogens (primary N) is 1. The third-order valence-electron chi connectivity index (χ3n) is 3.25. The number of hydrogen-bond donors (Lipinski definition) is 3.